The summed E-state index contributed by atoms with van der Waals surface area (Å²) in [5, 5.41) is 12.6. The molecule has 1 aromatic heterocycles. The number of aliphatic carboxylic acids is 1. The predicted molar refractivity (Wildman–Crippen MR) is 84.8 cm³/mol. The van der Waals surface area contributed by atoms with Gasteiger partial charge in [-0.3, -0.25) is 9.78 Å². The predicted octanol–water partition coefficient (Wildman–Crippen LogP) is 2.77. The zero-order valence-corrected chi connectivity index (χ0v) is 13.0. The van der Waals surface area contributed by atoms with Crippen LogP contribution in [-0.4, -0.2) is 28.0 Å². The van der Waals surface area contributed by atoms with E-state index in [1.165, 1.54) is 0 Å². The maximum atomic E-state index is 12.3. The number of carboxylic acid groups (broad SMARTS) is 1. The highest BCUT2D eigenvalue weighted by Crippen LogP contribution is 2.15. The second-order valence-electron chi connectivity index (χ2n) is 5.85. The van der Waals surface area contributed by atoms with E-state index in [0.29, 0.717) is 12.0 Å². The zero-order chi connectivity index (χ0) is 16.3. The molecule has 2 rings (SSSR count). The lowest BCUT2D eigenvalue weighted by Crippen LogP contribution is -2.41. The smallest absolute Gasteiger partial charge is 0.326 e. The van der Waals surface area contributed by atoms with Gasteiger partial charge in [0.1, 0.15) is 6.04 Å². The Labute approximate surface area is 129 Å². The summed E-state index contributed by atoms with van der Waals surface area (Å²) in [5.74, 6) is -1.21. The van der Waals surface area contributed by atoms with Gasteiger partial charge < -0.3 is 10.4 Å². The summed E-state index contributed by atoms with van der Waals surface area (Å²) >= 11 is 0. The molecule has 116 valence electrons. The molecule has 0 aliphatic carbocycles. The Hall–Kier alpha value is -2.43. The van der Waals surface area contributed by atoms with E-state index in [1.54, 1.807) is 18.2 Å². The molecule has 1 aromatic carbocycles. The van der Waals surface area contributed by atoms with Gasteiger partial charge in [-0.05, 0) is 43.5 Å². The number of aryl methyl sites for hydroxylation is 1. The minimum atomic E-state index is -1.01. The minimum absolute atomic E-state index is 0.185. The molecule has 0 aliphatic heterocycles. The Bertz CT molecular complexity index is 710. The van der Waals surface area contributed by atoms with Crippen LogP contribution in [-0.2, 0) is 4.79 Å². The Balaban J connectivity index is 2.21. The SMILES string of the molecule is Cc1ccc2cc(C(=O)NC(CC(C)C)C(=O)O)ccc2n1. The number of carbonyl (C=O) groups is 2. The molecule has 0 saturated carbocycles. The number of nitrogens with zero attached hydrogens (tertiary/aromatic N) is 1. The minimum Gasteiger partial charge on any atom is -0.480 e. The van der Waals surface area contributed by atoms with Crippen molar-refractivity contribution in [1.82, 2.24) is 10.3 Å². The number of carbonyl (C=O) groups excluding carboxylic acids is 1. The number of nitrogens with one attached hydrogen (secondary N) is 1. The fourth-order valence-corrected chi connectivity index (χ4v) is 2.30. The lowest BCUT2D eigenvalue weighted by molar-refractivity contribution is -0.139. The van der Waals surface area contributed by atoms with Gasteiger partial charge in [0.25, 0.3) is 5.91 Å². The van der Waals surface area contributed by atoms with Crippen LogP contribution in [0.1, 0.15) is 36.3 Å². The van der Waals surface area contributed by atoms with Gasteiger partial charge in [0.2, 0.25) is 0 Å². The highest BCUT2D eigenvalue weighted by Gasteiger charge is 2.21. The third kappa shape index (κ3) is 3.81. The molecule has 0 radical (unpaired) electrons. The molecule has 0 spiro atoms. The molecule has 2 N–H and O–H groups in total. The summed E-state index contributed by atoms with van der Waals surface area (Å²) in [6, 6.07) is 8.07. The van der Waals surface area contributed by atoms with Gasteiger partial charge in [-0.25, -0.2) is 4.79 Å². The van der Waals surface area contributed by atoms with E-state index in [0.717, 1.165) is 16.6 Å². The molecule has 22 heavy (non-hydrogen) atoms. The third-order valence-electron chi connectivity index (χ3n) is 3.40. The van der Waals surface area contributed by atoms with Gasteiger partial charge in [0, 0.05) is 16.6 Å². The van der Waals surface area contributed by atoms with Gasteiger partial charge in [0.15, 0.2) is 0 Å². The van der Waals surface area contributed by atoms with E-state index in [2.05, 4.69) is 10.3 Å². The lowest BCUT2D eigenvalue weighted by atomic mass is 10.0. The maximum Gasteiger partial charge on any atom is 0.326 e. The largest absolute Gasteiger partial charge is 0.480 e. The van der Waals surface area contributed by atoms with Crippen LogP contribution in [0.25, 0.3) is 10.9 Å². The Morgan fingerprint density at radius 2 is 1.95 bits per heavy atom. The molecule has 5 nitrogen and oxygen atoms in total. The summed E-state index contributed by atoms with van der Waals surface area (Å²) < 4.78 is 0. The first-order valence-electron chi connectivity index (χ1n) is 7.28. The Kier molecular flexibility index (Phi) is 4.75. The fraction of sp³-hybridized carbons (Fsp3) is 0.353. The molecule has 1 heterocycles. The quantitative estimate of drug-likeness (QED) is 0.890. The average molecular weight is 300 g/mol. The van der Waals surface area contributed by atoms with Crippen LogP contribution in [0.3, 0.4) is 0 Å². The standard InChI is InChI=1S/C17H20N2O3/c1-10(2)8-15(17(21)22)19-16(20)13-6-7-14-12(9-13)5-4-11(3)18-14/h4-7,9-10,15H,8H2,1-3H3,(H,19,20)(H,21,22). The number of rotatable bonds is 5. The van der Waals surface area contributed by atoms with Crippen LogP contribution >= 0.6 is 0 Å². The van der Waals surface area contributed by atoms with Crippen molar-refractivity contribution in [3.05, 3.63) is 41.6 Å². The average Bonchev–Trinajstić information content (AvgIpc) is 2.45. The maximum absolute atomic E-state index is 12.3. The monoisotopic (exact) mass is 300 g/mol. The lowest BCUT2D eigenvalue weighted by Gasteiger charge is -2.16. The number of hydrogen-bond donors (Lipinski definition) is 2. The first-order valence-corrected chi connectivity index (χ1v) is 7.28. The molecular weight excluding hydrogens is 280 g/mol. The normalized spacial score (nSPS) is 12.4. The topological polar surface area (TPSA) is 79.3 Å². The van der Waals surface area contributed by atoms with Gasteiger partial charge in [0.05, 0.1) is 5.52 Å². The zero-order valence-electron chi connectivity index (χ0n) is 13.0. The Morgan fingerprint density at radius 1 is 1.23 bits per heavy atom. The van der Waals surface area contributed by atoms with E-state index in [9.17, 15) is 14.7 Å². The number of amides is 1. The van der Waals surface area contributed by atoms with Crippen molar-refractivity contribution >= 4 is 22.8 Å². The van der Waals surface area contributed by atoms with E-state index in [-0.39, 0.29) is 11.8 Å². The fourth-order valence-electron chi connectivity index (χ4n) is 2.30. The second-order valence-corrected chi connectivity index (χ2v) is 5.85. The molecule has 0 bridgehead atoms. The molecule has 0 fully saturated rings. The van der Waals surface area contributed by atoms with Crippen molar-refractivity contribution in [2.24, 2.45) is 5.92 Å². The van der Waals surface area contributed by atoms with Crippen LogP contribution in [0, 0.1) is 12.8 Å². The number of hydrogen-bond acceptors (Lipinski definition) is 3. The Morgan fingerprint density at radius 3 is 2.59 bits per heavy atom. The second kappa shape index (κ2) is 6.56. The highest BCUT2D eigenvalue weighted by molar-refractivity contribution is 5.99. The number of pyridine rings is 1. The van der Waals surface area contributed by atoms with E-state index >= 15 is 0 Å². The molecule has 1 amide bonds. The number of aromatic nitrogens is 1. The van der Waals surface area contributed by atoms with Crippen LogP contribution in [0.4, 0.5) is 0 Å². The summed E-state index contributed by atoms with van der Waals surface area (Å²) in [4.78, 5) is 27.9. The van der Waals surface area contributed by atoms with Gasteiger partial charge in [-0.15, -0.1) is 0 Å². The van der Waals surface area contributed by atoms with Crippen molar-refractivity contribution in [3.63, 3.8) is 0 Å². The van der Waals surface area contributed by atoms with Gasteiger partial charge >= 0.3 is 5.97 Å². The molecule has 5 heteroatoms. The van der Waals surface area contributed by atoms with Crippen molar-refractivity contribution in [3.8, 4) is 0 Å². The van der Waals surface area contributed by atoms with Crippen molar-refractivity contribution < 1.29 is 14.7 Å². The van der Waals surface area contributed by atoms with Crippen molar-refractivity contribution in [2.75, 3.05) is 0 Å². The summed E-state index contributed by atoms with van der Waals surface area (Å²) in [7, 11) is 0. The van der Waals surface area contributed by atoms with Crippen molar-refractivity contribution in [1.29, 1.82) is 0 Å². The molecule has 0 aliphatic rings. The summed E-state index contributed by atoms with van der Waals surface area (Å²) in [6.07, 6.45) is 0.398. The first kappa shape index (κ1) is 15.9. The summed E-state index contributed by atoms with van der Waals surface area (Å²) in [5.41, 5.74) is 2.16. The number of benzene rings is 1. The molecule has 2 aromatic rings. The van der Waals surface area contributed by atoms with E-state index in [4.69, 9.17) is 0 Å². The molecule has 0 saturated heterocycles. The van der Waals surface area contributed by atoms with Gasteiger partial charge in [-0.2, -0.15) is 0 Å². The van der Waals surface area contributed by atoms with Crippen LogP contribution < -0.4 is 5.32 Å². The molecule has 1 unspecified atom stereocenters. The molecule has 1 atom stereocenters. The molecular formula is C17H20N2O3. The number of carboxylic acids is 1. The van der Waals surface area contributed by atoms with E-state index in [1.807, 2.05) is 32.9 Å². The van der Waals surface area contributed by atoms with Crippen LogP contribution in [0.15, 0.2) is 30.3 Å². The number of fused-ring (bicyclic) bond motifs is 1. The third-order valence-corrected chi connectivity index (χ3v) is 3.40. The van der Waals surface area contributed by atoms with Crippen LogP contribution in [0.5, 0.6) is 0 Å². The van der Waals surface area contributed by atoms with Crippen LogP contribution in [0.2, 0.25) is 0 Å². The van der Waals surface area contributed by atoms with Gasteiger partial charge in [-0.1, -0.05) is 19.9 Å². The van der Waals surface area contributed by atoms with E-state index < -0.39 is 12.0 Å². The highest BCUT2D eigenvalue weighted by atomic mass is 16.4. The van der Waals surface area contributed by atoms with Crippen molar-refractivity contribution in [2.45, 2.75) is 33.2 Å². The summed E-state index contributed by atoms with van der Waals surface area (Å²) in [6.45, 7) is 5.75. The first-order chi connectivity index (χ1) is 10.4.